The first-order chi connectivity index (χ1) is 12.8. The fourth-order valence-electron chi connectivity index (χ4n) is 2.05. The second kappa shape index (κ2) is 9.08. The fourth-order valence-corrected chi connectivity index (χ4v) is 2.55. The van der Waals surface area contributed by atoms with Crippen LogP contribution in [0.4, 0.5) is 20.2 Å². The number of carbonyl (C=O) groups excluding carboxylic acids is 2. The molecular weight excluding hydrogens is 382 g/mol. The standard InChI is InChI=1S/C17H14F2N2O5S/c1-10(26-16(23)13-4-2-3-5-14(13)21(24)25)15(22)20-11-6-8-12(9-7-11)27-17(18)19/h2-10,17H,1H3,(H,20,22)/t10-/m0/s1. The summed E-state index contributed by atoms with van der Waals surface area (Å²) in [6.07, 6.45) is -1.23. The van der Waals surface area contributed by atoms with Crippen molar-refractivity contribution in [2.75, 3.05) is 5.32 Å². The number of nitro benzene ring substituents is 1. The average Bonchev–Trinajstić information content (AvgIpc) is 2.62. The molecule has 0 saturated carbocycles. The van der Waals surface area contributed by atoms with Gasteiger partial charge in [0.05, 0.1) is 4.92 Å². The Balaban J connectivity index is 1.99. The van der Waals surface area contributed by atoms with E-state index in [0.29, 0.717) is 22.3 Å². The number of carbonyl (C=O) groups is 2. The second-order valence-corrected chi connectivity index (χ2v) is 6.28. The third kappa shape index (κ3) is 5.74. The van der Waals surface area contributed by atoms with Crippen LogP contribution in [0.25, 0.3) is 0 Å². The van der Waals surface area contributed by atoms with Gasteiger partial charge in [-0.1, -0.05) is 23.9 Å². The predicted octanol–water partition coefficient (Wildman–Crippen LogP) is 4.09. The van der Waals surface area contributed by atoms with Crippen LogP contribution < -0.4 is 5.32 Å². The van der Waals surface area contributed by atoms with E-state index in [9.17, 15) is 28.5 Å². The van der Waals surface area contributed by atoms with E-state index in [0.717, 1.165) is 6.07 Å². The van der Waals surface area contributed by atoms with Crippen molar-refractivity contribution in [2.24, 2.45) is 0 Å². The van der Waals surface area contributed by atoms with E-state index in [-0.39, 0.29) is 5.56 Å². The summed E-state index contributed by atoms with van der Waals surface area (Å²) in [5.74, 6) is -4.23. The summed E-state index contributed by atoms with van der Waals surface area (Å²) in [5.41, 5.74) is -0.370. The van der Waals surface area contributed by atoms with E-state index in [1.54, 1.807) is 0 Å². The van der Waals surface area contributed by atoms with Gasteiger partial charge in [-0.3, -0.25) is 14.9 Å². The molecule has 2 aromatic carbocycles. The van der Waals surface area contributed by atoms with Gasteiger partial charge in [-0.2, -0.15) is 8.78 Å². The van der Waals surface area contributed by atoms with Gasteiger partial charge in [-0.05, 0) is 37.3 Å². The maximum absolute atomic E-state index is 12.3. The molecule has 27 heavy (non-hydrogen) atoms. The molecule has 2 rings (SSSR count). The lowest BCUT2D eigenvalue weighted by molar-refractivity contribution is -0.385. The van der Waals surface area contributed by atoms with Crippen molar-refractivity contribution in [1.29, 1.82) is 0 Å². The van der Waals surface area contributed by atoms with Gasteiger partial charge in [0, 0.05) is 16.6 Å². The highest BCUT2D eigenvalue weighted by molar-refractivity contribution is 7.99. The number of halogens is 2. The molecule has 1 N–H and O–H groups in total. The van der Waals surface area contributed by atoms with E-state index in [1.807, 2.05) is 0 Å². The molecule has 0 fully saturated rings. The number of esters is 1. The summed E-state index contributed by atoms with van der Waals surface area (Å²) < 4.78 is 29.5. The van der Waals surface area contributed by atoms with Crippen molar-refractivity contribution in [1.82, 2.24) is 0 Å². The lowest BCUT2D eigenvalue weighted by Crippen LogP contribution is -2.30. The number of amides is 1. The molecule has 0 radical (unpaired) electrons. The number of nitro groups is 1. The van der Waals surface area contributed by atoms with Crippen molar-refractivity contribution in [3.8, 4) is 0 Å². The Kier molecular flexibility index (Phi) is 6.83. The van der Waals surface area contributed by atoms with Gasteiger partial charge >= 0.3 is 5.97 Å². The quantitative estimate of drug-likeness (QED) is 0.328. The number of rotatable bonds is 7. The topological polar surface area (TPSA) is 98.5 Å². The minimum atomic E-state index is -2.55. The number of thioether (sulfide) groups is 1. The number of nitrogens with one attached hydrogen (secondary N) is 1. The first-order valence-electron chi connectivity index (χ1n) is 7.58. The molecule has 0 aliphatic rings. The zero-order valence-corrected chi connectivity index (χ0v) is 14.7. The SMILES string of the molecule is C[C@H](OC(=O)c1ccccc1[N+](=O)[O-])C(=O)Nc1ccc(SC(F)F)cc1. The number of ether oxygens (including phenoxy) is 1. The highest BCUT2D eigenvalue weighted by atomic mass is 32.2. The Hall–Kier alpha value is -3.01. The lowest BCUT2D eigenvalue weighted by Gasteiger charge is -2.14. The zero-order valence-electron chi connectivity index (χ0n) is 13.9. The highest BCUT2D eigenvalue weighted by Crippen LogP contribution is 2.26. The predicted molar refractivity (Wildman–Crippen MR) is 94.9 cm³/mol. The van der Waals surface area contributed by atoms with Crippen LogP contribution >= 0.6 is 11.8 Å². The van der Waals surface area contributed by atoms with Crippen LogP contribution in [0.2, 0.25) is 0 Å². The minimum Gasteiger partial charge on any atom is -0.449 e. The van der Waals surface area contributed by atoms with Gasteiger partial charge in [0.15, 0.2) is 6.10 Å². The number of alkyl halides is 2. The van der Waals surface area contributed by atoms with Gasteiger partial charge < -0.3 is 10.1 Å². The monoisotopic (exact) mass is 396 g/mol. The summed E-state index contributed by atoms with van der Waals surface area (Å²) in [5, 5.41) is 13.4. The Morgan fingerprint density at radius 1 is 1.15 bits per heavy atom. The van der Waals surface area contributed by atoms with Crippen LogP contribution in [-0.2, 0) is 9.53 Å². The van der Waals surface area contributed by atoms with Crippen molar-refractivity contribution in [3.05, 3.63) is 64.2 Å². The first-order valence-corrected chi connectivity index (χ1v) is 8.46. The molecule has 0 saturated heterocycles. The number of nitrogens with zero attached hydrogens (tertiary/aromatic N) is 1. The summed E-state index contributed by atoms with van der Waals surface area (Å²) in [4.78, 5) is 34.8. The molecule has 0 aliphatic carbocycles. The zero-order chi connectivity index (χ0) is 20.0. The largest absolute Gasteiger partial charge is 0.449 e. The Morgan fingerprint density at radius 3 is 2.37 bits per heavy atom. The molecule has 0 unspecified atom stereocenters. The van der Waals surface area contributed by atoms with Gasteiger partial charge in [0.25, 0.3) is 17.4 Å². The van der Waals surface area contributed by atoms with Crippen molar-refractivity contribution >= 4 is 35.0 Å². The van der Waals surface area contributed by atoms with Gasteiger partial charge in [-0.25, -0.2) is 4.79 Å². The van der Waals surface area contributed by atoms with Gasteiger partial charge in [0.2, 0.25) is 0 Å². The number of hydrogen-bond acceptors (Lipinski definition) is 6. The highest BCUT2D eigenvalue weighted by Gasteiger charge is 2.25. The van der Waals surface area contributed by atoms with Crippen LogP contribution in [0.5, 0.6) is 0 Å². The molecule has 1 atom stereocenters. The average molecular weight is 396 g/mol. The third-order valence-electron chi connectivity index (χ3n) is 3.32. The maximum atomic E-state index is 12.3. The van der Waals surface area contributed by atoms with Crippen LogP contribution in [0.1, 0.15) is 17.3 Å². The fraction of sp³-hybridized carbons (Fsp3) is 0.176. The van der Waals surface area contributed by atoms with Gasteiger partial charge in [-0.15, -0.1) is 0 Å². The molecule has 0 heterocycles. The summed E-state index contributed by atoms with van der Waals surface area (Å²) in [7, 11) is 0. The summed E-state index contributed by atoms with van der Waals surface area (Å²) >= 11 is 0.372. The second-order valence-electron chi connectivity index (χ2n) is 5.21. The number of benzene rings is 2. The first kappa shape index (κ1) is 20.3. The number of para-hydroxylation sites is 1. The molecule has 0 aliphatic heterocycles. The summed E-state index contributed by atoms with van der Waals surface area (Å²) in [6.45, 7) is 1.31. The molecular formula is C17H14F2N2O5S. The lowest BCUT2D eigenvalue weighted by atomic mass is 10.2. The molecule has 2 aromatic rings. The van der Waals surface area contributed by atoms with Crippen LogP contribution in [-0.4, -0.2) is 28.7 Å². The molecule has 0 spiro atoms. The Bertz CT molecular complexity index is 845. The van der Waals surface area contributed by atoms with Crippen molar-refractivity contribution in [2.45, 2.75) is 23.7 Å². The van der Waals surface area contributed by atoms with Crippen LogP contribution in [0, 0.1) is 10.1 Å². The number of anilines is 1. The van der Waals surface area contributed by atoms with Crippen LogP contribution in [0.15, 0.2) is 53.4 Å². The maximum Gasteiger partial charge on any atom is 0.345 e. The van der Waals surface area contributed by atoms with Crippen LogP contribution in [0.3, 0.4) is 0 Å². The van der Waals surface area contributed by atoms with Crippen molar-refractivity contribution in [3.63, 3.8) is 0 Å². The van der Waals surface area contributed by atoms with E-state index >= 15 is 0 Å². The normalized spacial score (nSPS) is 11.7. The summed E-state index contributed by atoms with van der Waals surface area (Å²) in [6, 6.07) is 10.9. The molecule has 10 heteroatoms. The smallest absolute Gasteiger partial charge is 0.345 e. The van der Waals surface area contributed by atoms with E-state index < -0.39 is 34.3 Å². The van der Waals surface area contributed by atoms with Crippen molar-refractivity contribution < 1.29 is 28.0 Å². The van der Waals surface area contributed by atoms with E-state index in [2.05, 4.69) is 5.32 Å². The molecule has 142 valence electrons. The number of hydrogen-bond donors (Lipinski definition) is 1. The molecule has 0 bridgehead atoms. The van der Waals surface area contributed by atoms with E-state index in [1.165, 1.54) is 49.4 Å². The Labute approximate surface area is 156 Å². The molecule has 0 aromatic heterocycles. The Morgan fingerprint density at radius 2 is 1.78 bits per heavy atom. The van der Waals surface area contributed by atoms with E-state index in [4.69, 9.17) is 4.74 Å². The minimum absolute atomic E-state index is 0.268. The molecule has 1 amide bonds. The molecule has 7 nitrogen and oxygen atoms in total. The third-order valence-corrected chi connectivity index (χ3v) is 4.04. The van der Waals surface area contributed by atoms with Gasteiger partial charge in [0.1, 0.15) is 5.56 Å².